The number of morpholine rings is 1. The van der Waals surface area contributed by atoms with Crippen molar-refractivity contribution in [1.82, 2.24) is 19.9 Å². The average molecular weight is 530 g/mol. The van der Waals surface area contributed by atoms with Gasteiger partial charge in [0.05, 0.1) is 36.6 Å². The molecule has 3 N–H and O–H groups in total. The van der Waals surface area contributed by atoms with Gasteiger partial charge >= 0.3 is 6.18 Å². The molecule has 4 heterocycles. The van der Waals surface area contributed by atoms with E-state index in [1.165, 1.54) is 12.4 Å². The number of alkyl halides is 4. The number of ether oxygens (including phenoxy) is 1. The highest BCUT2D eigenvalue weighted by molar-refractivity contribution is 5.58. The lowest BCUT2D eigenvalue weighted by atomic mass is 9.94. The van der Waals surface area contributed by atoms with Crippen molar-refractivity contribution in [2.24, 2.45) is 11.7 Å². The third-order valence-electron chi connectivity index (χ3n) is 6.73. The number of nitrogens with zero attached hydrogens (tertiary/aromatic N) is 5. The number of pyridine rings is 1. The number of anilines is 2. The summed E-state index contributed by atoms with van der Waals surface area (Å²) in [5, 5.41) is 2.87. The second-order valence-electron chi connectivity index (χ2n) is 8.99. The molecule has 0 spiro atoms. The zero-order valence-electron chi connectivity index (χ0n) is 19.9. The number of carbonyl (C=O) groups is 1. The molecular weight excluding hydrogens is 501 g/mol. The molecule has 37 heavy (non-hydrogen) atoms. The Bertz CT molecular complexity index is 1060. The van der Waals surface area contributed by atoms with Crippen LogP contribution in [0.5, 0.6) is 0 Å². The van der Waals surface area contributed by atoms with Crippen LogP contribution in [0.2, 0.25) is 0 Å². The van der Waals surface area contributed by atoms with Crippen LogP contribution in [0.3, 0.4) is 0 Å². The van der Waals surface area contributed by atoms with Crippen molar-refractivity contribution in [3.63, 3.8) is 0 Å². The van der Waals surface area contributed by atoms with Crippen molar-refractivity contribution < 1.29 is 31.5 Å². The lowest BCUT2D eigenvalue weighted by molar-refractivity contribution is -0.137. The zero-order valence-corrected chi connectivity index (χ0v) is 19.9. The highest BCUT2D eigenvalue weighted by Gasteiger charge is 2.35. The van der Waals surface area contributed by atoms with Gasteiger partial charge in [-0.25, -0.2) is 14.4 Å². The van der Waals surface area contributed by atoms with Gasteiger partial charge in [-0.2, -0.15) is 17.6 Å². The molecule has 0 saturated carbocycles. The van der Waals surface area contributed by atoms with Crippen molar-refractivity contribution >= 4 is 17.9 Å². The van der Waals surface area contributed by atoms with Gasteiger partial charge < -0.3 is 25.5 Å². The summed E-state index contributed by atoms with van der Waals surface area (Å²) in [5.41, 5.74) is 4.96. The Morgan fingerprint density at radius 2 is 2.05 bits per heavy atom. The van der Waals surface area contributed by atoms with E-state index >= 15 is 4.39 Å². The van der Waals surface area contributed by atoms with E-state index in [0.717, 1.165) is 12.3 Å². The van der Waals surface area contributed by atoms with E-state index in [4.69, 9.17) is 10.5 Å². The molecule has 9 nitrogen and oxygen atoms in total. The van der Waals surface area contributed by atoms with Crippen LogP contribution in [0.15, 0.2) is 24.7 Å². The molecule has 0 aromatic carbocycles. The Hall–Kier alpha value is -2.97. The predicted molar refractivity (Wildman–Crippen MR) is 124 cm³/mol. The quantitative estimate of drug-likeness (QED) is 0.393. The summed E-state index contributed by atoms with van der Waals surface area (Å²) in [6.07, 6.45) is -2.71. The second kappa shape index (κ2) is 11.6. The molecule has 0 bridgehead atoms. The minimum atomic E-state index is -4.52. The molecule has 0 amide bonds. The SMILES string of the molecule is NCC(C=O)N1CC[C@H](CNc2ncnc(N3CCOC[C@@H]3c3ccc(C(F)(F)F)cn3)c2F)[C@H](F)C1. The van der Waals surface area contributed by atoms with Crippen LogP contribution >= 0.6 is 0 Å². The molecule has 1 unspecified atom stereocenters. The number of piperidine rings is 1. The van der Waals surface area contributed by atoms with Gasteiger partial charge in [0.2, 0.25) is 5.82 Å². The number of likely N-dealkylation sites (tertiary alicyclic amines) is 1. The first kappa shape index (κ1) is 27.1. The number of hydrogen-bond acceptors (Lipinski definition) is 9. The lowest BCUT2D eigenvalue weighted by Crippen LogP contribution is -2.51. The Labute approximate surface area is 210 Å². The average Bonchev–Trinajstić information content (AvgIpc) is 2.89. The van der Waals surface area contributed by atoms with Crippen LogP contribution in [-0.4, -0.2) is 84.3 Å². The number of carbonyl (C=O) groups excluding carboxylic acids is 1. The molecule has 4 atom stereocenters. The number of halogens is 5. The molecule has 2 aromatic rings. The maximum Gasteiger partial charge on any atom is 0.417 e. The highest BCUT2D eigenvalue weighted by Crippen LogP contribution is 2.33. The van der Waals surface area contributed by atoms with Crippen molar-refractivity contribution in [3.8, 4) is 0 Å². The molecule has 2 aliphatic heterocycles. The molecule has 2 aromatic heterocycles. The summed E-state index contributed by atoms with van der Waals surface area (Å²) in [6.45, 7) is 1.33. The molecule has 202 valence electrons. The van der Waals surface area contributed by atoms with E-state index in [1.807, 2.05) is 0 Å². The normalized spacial score (nSPS) is 24.1. The third kappa shape index (κ3) is 6.13. The van der Waals surface area contributed by atoms with E-state index in [9.17, 15) is 22.4 Å². The first-order valence-electron chi connectivity index (χ1n) is 11.9. The van der Waals surface area contributed by atoms with E-state index in [1.54, 1.807) is 9.80 Å². The lowest BCUT2D eigenvalue weighted by Gasteiger charge is -2.37. The number of hydrogen-bond donors (Lipinski definition) is 2. The Morgan fingerprint density at radius 1 is 1.24 bits per heavy atom. The minimum Gasteiger partial charge on any atom is -0.377 e. The van der Waals surface area contributed by atoms with Gasteiger partial charge in [0, 0.05) is 38.3 Å². The van der Waals surface area contributed by atoms with Gasteiger partial charge in [-0.15, -0.1) is 0 Å². The van der Waals surface area contributed by atoms with Gasteiger partial charge in [0.1, 0.15) is 18.8 Å². The summed E-state index contributed by atoms with van der Waals surface area (Å²) in [4.78, 5) is 26.4. The second-order valence-corrected chi connectivity index (χ2v) is 8.99. The molecule has 0 radical (unpaired) electrons. The van der Waals surface area contributed by atoms with Crippen molar-refractivity contribution in [2.75, 3.05) is 56.2 Å². The van der Waals surface area contributed by atoms with Crippen LogP contribution in [0.1, 0.15) is 23.7 Å². The van der Waals surface area contributed by atoms with Crippen molar-refractivity contribution in [2.45, 2.75) is 30.9 Å². The summed E-state index contributed by atoms with van der Waals surface area (Å²) in [7, 11) is 0. The molecule has 14 heteroatoms. The van der Waals surface area contributed by atoms with Crippen molar-refractivity contribution in [3.05, 3.63) is 41.7 Å². The third-order valence-corrected chi connectivity index (χ3v) is 6.73. The van der Waals surface area contributed by atoms with Gasteiger partial charge in [-0.1, -0.05) is 0 Å². The van der Waals surface area contributed by atoms with E-state index < -0.39 is 41.7 Å². The fraction of sp³-hybridized carbons (Fsp3) is 0.565. The molecule has 0 aliphatic carbocycles. The summed E-state index contributed by atoms with van der Waals surface area (Å²) in [5.74, 6) is -1.36. The van der Waals surface area contributed by atoms with Crippen LogP contribution in [0.25, 0.3) is 0 Å². The molecule has 2 aliphatic rings. The first-order valence-corrected chi connectivity index (χ1v) is 11.9. The summed E-state index contributed by atoms with van der Waals surface area (Å²) >= 11 is 0. The number of nitrogens with two attached hydrogens (primary N) is 1. The van der Waals surface area contributed by atoms with Gasteiger partial charge in [0.15, 0.2) is 11.6 Å². The molecule has 2 saturated heterocycles. The fourth-order valence-electron chi connectivity index (χ4n) is 4.58. The maximum absolute atomic E-state index is 15.5. The standard InChI is InChI=1S/C23H28F5N7O2/c24-17-10-34(16(7-29)11-36)4-3-14(17)8-31-21-20(25)22(33-13-32-21)35-5-6-37-12-19(35)18-2-1-15(9-30-18)23(26,27)28/h1-2,9,11,13-14,16-17,19H,3-8,10,12,29H2,(H,31,32,33)/t14-,16?,17-,19-/m1/s1. The van der Waals surface area contributed by atoms with Crippen LogP contribution in [-0.2, 0) is 15.7 Å². The Kier molecular flexibility index (Phi) is 8.49. The van der Waals surface area contributed by atoms with Crippen LogP contribution in [0, 0.1) is 11.7 Å². The van der Waals surface area contributed by atoms with Crippen LogP contribution in [0.4, 0.5) is 33.6 Å². The Balaban J connectivity index is 1.46. The number of rotatable bonds is 8. The minimum absolute atomic E-state index is 0.0556. The van der Waals surface area contributed by atoms with E-state index in [0.29, 0.717) is 19.3 Å². The van der Waals surface area contributed by atoms with Gasteiger partial charge in [-0.3, -0.25) is 9.88 Å². The number of aldehydes is 1. The predicted octanol–water partition coefficient (Wildman–Crippen LogP) is 2.21. The highest BCUT2D eigenvalue weighted by atomic mass is 19.4. The zero-order chi connectivity index (χ0) is 26.6. The molecule has 4 rings (SSSR count). The first-order chi connectivity index (χ1) is 17.7. The largest absolute Gasteiger partial charge is 0.417 e. The van der Waals surface area contributed by atoms with Gasteiger partial charge in [0.25, 0.3) is 0 Å². The van der Waals surface area contributed by atoms with Gasteiger partial charge in [-0.05, 0) is 25.1 Å². The number of aromatic nitrogens is 3. The Morgan fingerprint density at radius 3 is 2.70 bits per heavy atom. The topological polar surface area (TPSA) is 110 Å². The summed E-state index contributed by atoms with van der Waals surface area (Å²) < 4.78 is 74.5. The smallest absolute Gasteiger partial charge is 0.377 e. The monoisotopic (exact) mass is 529 g/mol. The van der Waals surface area contributed by atoms with Crippen molar-refractivity contribution in [1.29, 1.82) is 0 Å². The summed E-state index contributed by atoms with van der Waals surface area (Å²) in [6, 6.07) is 0.957. The fourth-order valence-corrected chi connectivity index (χ4v) is 4.58. The maximum atomic E-state index is 15.5. The number of nitrogens with one attached hydrogen (secondary N) is 1. The van der Waals surface area contributed by atoms with E-state index in [2.05, 4.69) is 20.3 Å². The molecular formula is C23H28F5N7O2. The van der Waals surface area contributed by atoms with Crippen LogP contribution < -0.4 is 16.0 Å². The molecule has 2 fully saturated rings. The van der Waals surface area contributed by atoms with E-state index in [-0.39, 0.29) is 56.7 Å².